The summed E-state index contributed by atoms with van der Waals surface area (Å²) in [5.41, 5.74) is 0. The van der Waals surface area contributed by atoms with Crippen molar-refractivity contribution < 1.29 is 50.5 Å². The van der Waals surface area contributed by atoms with Crippen molar-refractivity contribution in [2.75, 3.05) is 112 Å². The van der Waals surface area contributed by atoms with Gasteiger partial charge in [-0.2, -0.15) is 8.42 Å². The van der Waals surface area contributed by atoms with Crippen LogP contribution in [0.3, 0.4) is 0 Å². The molecule has 1 rings (SSSR count). The average Bonchev–Trinajstić information content (AvgIpc) is 3.15. The molecule has 0 amide bonds. The normalized spacial score (nSPS) is 11.9. The molecule has 0 fully saturated rings. The second-order valence-corrected chi connectivity index (χ2v) is 14.4. The van der Waals surface area contributed by atoms with E-state index in [4.69, 9.17) is 42.1 Å². The maximum Gasteiger partial charge on any atom is 0.297 e. The van der Waals surface area contributed by atoms with Gasteiger partial charge in [-0.3, -0.25) is 4.18 Å². The van der Waals surface area contributed by atoms with Gasteiger partial charge in [-0.1, -0.05) is 121 Å². The summed E-state index contributed by atoms with van der Waals surface area (Å²) in [6.07, 6.45) is 22.1. The first-order valence-electron chi connectivity index (χ1n) is 20.2. The van der Waals surface area contributed by atoms with E-state index in [-0.39, 0.29) is 18.1 Å². The zero-order valence-corrected chi connectivity index (χ0v) is 33.4. The Morgan fingerprint density at radius 3 is 0.942 bits per heavy atom. The highest BCUT2D eigenvalue weighted by molar-refractivity contribution is 7.86. The third kappa shape index (κ3) is 34.6. The molecule has 306 valence electrons. The van der Waals surface area contributed by atoms with Crippen LogP contribution < -0.4 is 0 Å². The van der Waals surface area contributed by atoms with Crippen molar-refractivity contribution in [1.29, 1.82) is 0 Å². The number of unbranched alkanes of at least 4 members (excludes halogenated alkanes) is 15. The maximum absolute atomic E-state index is 12.0. The van der Waals surface area contributed by atoms with Crippen molar-refractivity contribution in [1.82, 2.24) is 0 Å². The highest BCUT2D eigenvalue weighted by atomic mass is 32.2. The highest BCUT2D eigenvalue weighted by Gasteiger charge is 2.13. The molecule has 0 unspecified atom stereocenters. The molecule has 12 heteroatoms. The van der Waals surface area contributed by atoms with E-state index in [2.05, 4.69) is 6.92 Å². The van der Waals surface area contributed by atoms with Crippen LogP contribution in [0.4, 0.5) is 0 Å². The Bertz CT molecular complexity index is 937. The summed E-state index contributed by atoms with van der Waals surface area (Å²) in [6, 6.07) is 8.01. The summed E-state index contributed by atoms with van der Waals surface area (Å²) < 4.78 is 72.9. The van der Waals surface area contributed by atoms with Gasteiger partial charge in [0.25, 0.3) is 10.1 Å². The first-order chi connectivity index (χ1) is 25.7. The van der Waals surface area contributed by atoms with Crippen LogP contribution in [-0.2, 0) is 52.2 Å². The van der Waals surface area contributed by atoms with E-state index >= 15 is 0 Å². The van der Waals surface area contributed by atoms with E-state index in [1.165, 1.54) is 108 Å². The zero-order chi connectivity index (χ0) is 37.3. The molecule has 0 heterocycles. The number of hydrogen-bond acceptors (Lipinski definition) is 11. The molecule has 11 nitrogen and oxygen atoms in total. The van der Waals surface area contributed by atoms with Crippen LogP contribution in [-0.4, -0.2) is 121 Å². The topological polar surface area (TPSA) is 117 Å². The van der Waals surface area contributed by atoms with E-state index in [0.717, 1.165) is 13.0 Å². The first kappa shape index (κ1) is 48.8. The van der Waals surface area contributed by atoms with Gasteiger partial charge in [0.2, 0.25) is 0 Å². The van der Waals surface area contributed by atoms with Crippen LogP contribution in [0.15, 0.2) is 35.2 Å². The molecule has 0 N–H and O–H groups in total. The van der Waals surface area contributed by atoms with E-state index in [9.17, 15) is 8.42 Å². The van der Waals surface area contributed by atoms with Crippen molar-refractivity contribution in [3.8, 4) is 0 Å². The molecule has 0 aliphatic carbocycles. The molecular weight excluding hydrogens is 688 g/mol. The Labute approximate surface area is 317 Å². The fourth-order valence-corrected chi connectivity index (χ4v) is 6.17. The summed E-state index contributed by atoms with van der Waals surface area (Å²) in [5, 5.41) is 0. The fourth-order valence-electron chi connectivity index (χ4n) is 5.25. The SMILES string of the molecule is CCCCCCCCCCCCCCCCCCOCCOCCOCCOCCOCCOCCOCCOCCOS(=O)(=O)c1ccccc1. The van der Waals surface area contributed by atoms with Gasteiger partial charge >= 0.3 is 0 Å². The molecule has 0 spiro atoms. The van der Waals surface area contributed by atoms with Crippen LogP contribution >= 0.6 is 0 Å². The molecule has 1 aromatic carbocycles. The Hall–Kier alpha value is -1.19. The lowest BCUT2D eigenvalue weighted by atomic mass is 10.0. The average molecular weight is 763 g/mol. The Kier molecular flexibility index (Phi) is 37.1. The number of ether oxygens (including phenoxy) is 8. The van der Waals surface area contributed by atoms with Gasteiger partial charge in [-0.05, 0) is 18.6 Å². The zero-order valence-electron chi connectivity index (χ0n) is 32.6. The van der Waals surface area contributed by atoms with Crippen molar-refractivity contribution in [2.45, 2.75) is 115 Å². The lowest BCUT2D eigenvalue weighted by Crippen LogP contribution is -2.15. The van der Waals surface area contributed by atoms with Gasteiger partial charge in [-0.25, -0.2) is 0 Å². The van der Waals surface area contributed by atoms with Gasteiger partial charge in [0.1, 0.15) is 0 Å². The Morgan fingerprint density at radius 2 is 0.615 bits per heavy atom. The maximum atomic E-state index is 12.0. The Balaban J connectivity index is 1.64. The quantitative estimate of drug-likeness (QED) is 0.0480. The second-order valence-electron chi connectivity index (χ2n) is 12.8. The lowest BCUT2D eigenvalue weighted by molar-refractivity contribution is -0.0236. The molecule has 0 atom stereocenters. The predicted molar refractivity (Wildman–Crippen MR) is 206 cm³/mol. The van der Waals surface area contributed by atoms with Gasteiger partial charge < -0.3 is 37.9 Å². The molecule has 0 saturated carbocycles. The highest BCUT2D eigenvalue weighted by Crippen LogP contribution is 2.14. The first-order valence-corrected chi connectivity index (χ1v) is 21.6. The molecule has 0 aliphatic heterocycles. The minimum Gasteiger partial charge on any atom is -0.379 e. The summed E-state index contributed by atoms with van der Waals surface area (Å²) in [7, 11) is -3.75. The van der Waals surface area contributed by atoms with Crippen molar-refractivity contribution >= 4 is 10.1 Å². The molecular formula is C40H74O11S. The largest absolute Gasteiger partial charge is 0.379 e. The van der Waals surface area contributed by atoms with Gasteiger partial charge in [0.05, 0.1) is 111 Å². The minimum absolute atomic E-state index is 0.0508. The fraction of sp³-hybridized carbons (Fsp3) is 0.850. The third-order valence-corrected chi connectivity index (χ3v) is 9.57. The summed E-state index contributed by atoms with van der Waals surface area (Å²) in [5.74, 6) is 0. The summed E-state index contributed by atoms with van der Waals surface area (Å²) >= 11 is 0. The van der Waals surface area contributed by atoms with Crippen LogP contribution in [0.5, 0.6) is 0 Å². The second kappa shape index (κ2) is 39.5. The van der Waals surface area contributed by atoms with Crippen molar-refractivity contribution in [2.24, 2.45) is 0 Å². The number of rotatable bonds is 43. The molecule has 0 aliphatic rings. The van der Waals surface area contributed by atoms with E-state index in [0.29, 0.717) is 92.5 Å². The number of hydrogen-bond donors (Lipinski definition) is 0. The molecule has 52 heavy (non-hydrogen) atoms. The summed E-state index contributed by atoms with van der Waals surface area (Å²) in [6.45, 7) is 10.2. The van der Waals surface area contributed by atoms with Gasteiger partial charge in [-0.15, -0.1) is 0 Å². The van der Waals surface area contributed by atoms with Crippen LogP contribution in [0.1, 0.15) is 110 Å². The monoisotopic (exact) mass is 762 g/mol. The predicted octanol–water partition coefficient (Wildman–Crippen LogP) is 7.79. The van der Waals surface area contributed by atoms with Gasteiger partial charge in [0.15, 0.2) is 0 Å². The van der Waals surface area contributed by atoms with Gasteiger partial charge in [0, 0.05) is 6.61 Å². The molecule has 1 aromatic rings. The molecule has 0 saturated heterocycles. The number of benzene rings is 1. The minimum atomic E-state index is -3.75. The molecule has 0 radical (unpaired) electrons. The summed E-state index contributed by atoms with van der Waals surface area (Å²) in [4.78, 5) is 0.127. The molecule has 0 bridgehead atoms. The van der Waals surface area contributed by atoms with E-state index < -0.39 is 10.1 Å². The van der Waals surface area contributed by atoms with E-state index in [1.807, 2.05) is 0 Å². The van der Waals surface area contributed by atoms with Crippen LogP contribution in [0.25, 0.3) is 0 Å². The standard InChI is InChI=1S/C40H74O11S/c1-2-3-4-5-6-7-8-9-10-11-12-13-14-15-16-20-23-43-24-25-44-26-27-45-28-29-46-30-31-47-32-33-48-34-35-49-36-37-50-38-39-51-52(41,42)40-21-18-17-19-22-40/h17-19,21-22H,2-16,20,23-39H2,1H3. The van der Waals surface area contributed by atoms with Crippen LogP contribution in [0.2, 0.25) is 0 Å². The van der Waals surface area contributed by atoms with E-state index in [1.54, 1.807) is 18.2 Å². The smallest absolute Gasteiger partial charge is 0.297 e. The van der Waals surface area contributed by atoms with Crippen LogP contribution in [0, 0.1) is 0 Å². The van der Waals surface area contributed by atoms with Crippen molar-refractivity contribution in [3.63, 3.8) is 0 Å². The Morgan fingerprint density at radius 1 is 0.346 bits per heavy atom. The lowest BCUT2D eigenvalue weighted by Gasteiger charge is -2.09. The molecule has 0 aromatic heterocycles. The third-order valence-electron chi connectivity index (χ3n) is 8.24. The van der Waals surface area contributed by atoms with Crippen molar-refractivity contribution in [3.05, 3.63) is 30.3 Å².